The largest absolute Gasteiger partial charge is 0.309 e. The number of aryl methyl sites for hydroxylation is 2. The fraction of sp³-hybridized carbons (Fsp3) is 0.294. The van der Waals surface area contributed by atoms with E-state index in [0.29, 0.717) is 11.1 Å². The van der Waals surface area contributed by atoms with Gasteiger partial charge in [-0.3, -0.25) is 0 Å². The van der Waals surface area contributed by atoms with Gasteiger partial charge in [0.2, 0.25) is 0 Å². The molecule has 1 atom stereocenters. The molecule has 0 aromatic heterocycles. The normalized spacial score (nSPS) is 12.5. The van der Waals surface area contributed by atoms with Gasteiger partial charge in [0.1, 0.15) is 5.82 Å². The Bertz CT molecular complexity index is 614. The highest BCUT2D eigenvalue weighted by Crippen LogP contribution is 2.30. The summed E-state index contributed by atoms with van der Waals surface area (Å²) in [7, 11) is 1.93. The number of hydrogen-bond donors (Lipinski definition) is 1. The number of hydrogen-bond acceptors (Lipinski definition) is 1. The SMILES string of the molecule is CNC(c1cc(C)c(F)c(C)c1)c1cccc(Br)c1C. The molecule has 2 aromatic carbocycles. The van der Waals surface area contributed by atoms with Gasteiger partial charge in [0.25, 0.3) is 0 Å². The predicted octanol–water partition coefficient (Wildman–Crippen LogP) is 4.82. The first-order valence-electron chi connectivity index (χ1n) is 6.64. The first-order valence-corrected chi connectivity index (χ1v) is 7.44. The van der Waals surface area contributed by atoms with E-state index in [1.807, 2.05) is 45.2 Å². The Hall–Kier alpha value is -1.19. The van der Waals surface area contributed by atoms with Crippen LogP contribution in [0.4, 0.5) is 4.39 Å². The molecule has 2 rings (SSSR count). The Morgan fingerprint density at radius 3 is 2.25 bits per heavy atom. The van der Waals surface area contributed by atoms with Crippen molar-refractivity contribution in [2.75, 3.05) is 7.05 Å². The maximum atomic E-state index is 13.8. The molecule has 0 fully saturated rings. The monoisotopic (exact) mass is 335 g/mol. The third-order valence-electron chi connectivity index (χ3n) is 3.70. The van der Waals surface area contributed by atoms with Gasteiger partial charge in [-0.25, -0.2) is 4.39 Å². The molecule has 0 aliphatic rings. The van der Waals surface area contributed by atoms with Crippen LogP contribution in [0.15, 0.2) is 34.8 Å². The van der Waals surface area contributed by atoms with Crippen molar-refractivity contribution in [1.29, 1.82) is 0 Å². The summed E-state index contributed by atoms with van der Waals surface area (Å²) in [5.74, 6) is -0.116. The molecule has 0 saturated heterocycles. The minimum atomic E-state index is -0.116. The minimum absolute atomic E-state index is 0.0606. The van der Waals surface area contributed by atoms with E-state index in [1.54, 1.807) is 0 Å². The fourth-order valence-electron chi connectivity index (χ4n) is 2.58. The molecule has 0 radical (unpaired) electrons. The standard InChI is InChI=1S/C17H19BrFN/c1-10-8-13(9-11(2)16(10)19)17(20-4)14-6-5-7-15(18)12(14)3/h5-9,17,20H,1-4H3. The molecule has 1 N–H and O–H groups in total. The molecule has 0 heterocycles. The maximum Gasteiger partial charge on any atom is 0.129 e. The molecule has 0 aliphatic heterocycles. The number of benzene rings is 2. The Morgan fingerprint density at radius 1 is 1.10 bits per heavy atom. The lowest BCUT2D eigenvalue weighted by Gasteiger charge is -2.21. The van der Waals surface area contributed by atoms with E-state index in [4.69, 9.17) is 0 Å². The van der Waals surface area contributed by atoms with Gasteiger partial charge in [-0.1, -0.05) is 40.2 Å². The van der Waals surface area contributed by atoms with Crippen molar-refractivity contribution in [2.45, 2.75) is 26.8 Å². The second-order valence-corrected chi connectivity index (χ2v) is 6.00. The van der Waals surface area contributed by atoms with E-state index in [2.05, 4.69) is 34.2 Å². The van der Waals surface area contributed by atoms with Gasteiger partial charge in [-0.2, -0.15) is 0 Å². The second kappa shape index (κ2) is 6.06. The zero-order valence-corrected chi connectivity index (χ0v) is 13.8. The summed E-state index contributed by atoms with van der Waals surface area (Å²) in [4.78, 5) is 0. The average molecular weight is 336 g/mol. The van der Waals surface area contributed by atoms with Crippen LogP contribution in [0.2, 0.25) is 0 Å². The highest BCUT2D eigenvalue weighted by Gasteiger charge is 2.17. The van der Waals surface area contributed by atoms with Crippen LogP contribution in [0, 0.1) is 26.6 Å². The van der Waals surface area contributed by atoms with Crippen LogP contribution in [0.3, 0.4) is 0 Å². The van der Waals surface area contributed by atoms with Crippen LogP contribution in [0.5, 0.6) is 0 Å². The summed E-state index contributed by atoms with van der Waals surface area (Å²) in [6.07, 6.45) is 0. The van der Waals surface area contributed by atoms with Crippen LogP contribution < -0.4 is 5.32 Å². The zero-order valence-electron chi connectivity index (χ0n) is 12.2. The lowest BCUT2D eigenvalue weighted by molar-refractivity contribution is 0.604. The molecule has 3 heteroatoms. The van der Waals surface area contributed by atoms with Crippen LogP contribution in [-0.4, -0.2) is 7.05 Å². The van der Waals surface area contributed by atoms with Gasteiger partial charge in [-0.15, -0.1) is 0 Å². The topological polar surface area (TPSA) is 12.0 Å². The molecule has 20 heavy (non-hydrogen) atoms. The molecule has 0 saturated carbocycles. The molecular formula is C17H19BrFN. The highest BCUT2D eigenvalue weighted by atomic mass is 79.9. The maximum absolute atomic E-state index is 13.8. The van der Waals surface area contributed by atoms with Crippen molar-refractivity contribution >= 4 is 15.9 Å². The van der Waals surface area contributed by atoms with Gasteiger partial charge >= 0.3 is 0 Å². The number of halogens is 2. The van der Waals surface area contributed by atoms with E-state index < -0.39 is 0 Å². The van der Waals surface area contributed by atoms with Gasteiger partial charge in [0, 0.05) is 4.47 Å². The number of nitrogens with one attached hydrogen (secondary N) is 1. The van der Waals surface area contributed by atoms with Gasteiger partial charge in [0.05, 0.1) is 6.04 Å². The molecule has 106 valence electrons. The third-order valence-corrected chi connectivity index (χ3v) is 4.56. The Balaban J connectivity index is 2.55. The smallest absolute Gasteiger partial charge is 0.129 e. The van der Waals surface area contributed by atoms with Gasteiger partial charge < -0.3 is 5.32 Å². The van der Waals surface area contributed by atoms with E-state index in [-0.39, 0.29) is 11.9 Å². The zero-order chi connectivity index (χ0) is 14.9. The van der Waals surface area contributed by atoms with Crippen molar-refractivity contribution in [3.05, 3.63) is 68.4 Å². The summed E-state index contributed by atoms with van der Waals surface area (Å²) in [6.45, 7) is 5.71. The first kappa shape index (κ1) is 15.2. The van der Waals surface area contributed by atoms with Crippen molar-refractivity contribution in [2.24, 2.45) is 0 Å². The Morgan fingerprint density at radius 2 is 1.70 bits per heavy atom. The molecule has 0 bridgehead atoms. The summed E-state index contributed by atoms with van der Waals surface area (Å²) in [5, 5.41) is 3.33. The third kappa shape index (κ3) is 2.79. The Kier molecular flexibility index (Phi) is 4.61. The second-order valence-electron chi connectivity index (χ2n) is 5.14. The molecule has 1 nitrogen and oxygen atoms in total. The van der Waals surface area contributed by atoms with Gasteiger partial charge in [-0.05, 0) is 61.7 Å². The summed E-state index contributed by atoms with van der Waals surface area (Å²) < 4.78 is 14.9. The summed E-state index contributed by atoms with van der Waals surface area (Å²) >= 11 is 3.57. The summed E-state index contributed by atoms with van der Waals surface area (Å²) in [5.41, 5.74) is 4.87. The highest BCUT2D eigenvalue weighted by molar-refractivity contribution is 9.10. The quantitative estimate of drug-likeness (QED) is 0.847. The minimum Gasteiger partial charge on any atom is -0.309 e. The van der Waals surface area contributed by atoms with Crippen molar-refractivity contribution in [3.8, 4) is 0 Å². The van der Waals surface area contributed by atoms with Crippen LogP contribution in [0.1, 0.15) is 33.9 Å². The summed E-state index contributed by atoms with van der Waals surface area (Å²) in [6, 6.07) is 10.1. The average Bonchev–Trinajstić information content (AvgIpc) is 2.41. The van der Waals surface area contributed by atoms with Crippen LogP contribution in [-0.2, 0) is 0 Å². The fourth-order valence-corrected chi connectivity index (χ4v) is 2.97. The lowest BCUT2D eigenvalue weighted by atomic mass is 9.93. The van der Waals surface area contributed by atoms with E-state index in [1.165, 1.54) is 11.1 Å². The predicted molar refractivity (Wildman–Crippen MR) is 85.7 cm³/mol. The lowest BCUT2D eigenvalue weighted by Crippen LogP contribution is -2.19. The molecule has 0 amide bonds. The molecular weight excluding hydrogens is 317 g/mol. The molecule has 0 spiro atoms. The molecule has 1 unspecified atom stereocenters. The molecule has 0 aliphatic carbocycles. The molecule has 2 aromatic rings. The van der Waals surface area contributed by atoms with Crippen LogP contribution in [0.25, 0.3) is 0 Å². The van der Waals surface area contributed by atoms with E-state index in [0.717, 1.165) is 10.0 Å². The van der Waals surface area contributed by atoms with Crippen molar-refractivity contribution < 1.29 is 4.39 Å². The van der Waals surface area contributed by atoms with Crippen molar-refractivity contribution in [3.63, 3.8) is 0 Å². The Labute approximate surface area is 128 Å². The van der Waals surface area contributed by atoms with E-state index in [9.17, 15) is 4.39 Å². The van der Waals surface area contributed by atoms with Crippen molar-refractivity contribution in [1.82, 2.24) is 5.32 Å². The number of rotatable bonds is 3. The van der Waals surface area contributed by atoms with Crippen LogP contribution >= 0.6 is 15.9 Å². The van der Waals surface area contributed by atoms with Gasteiger partial charge in [0.15, 0.2) is 0 Å². The first-order chi connectivity index (χ1) is 9.45. The van der Waals surface area contributed by atoms with E-state index >= 15 is 0 Å².